The second-order valence-electron chi connectivity index (χ2n) is 6.03. The summed E-state index contributed by atoms with van der Waals surface area (Å²) < 4.78 is 0. The molecule has 0 aromatic rings. The fraction of sp³-hybridized carbons (Fsp3) is 0.917. The topological polar surface area (TPSA) is 39.1 Å². The average molecular weight is 209 g/mol. The fourth-order valence-electron chi connectivity index (χ4n) is 2.45. The van der Waals surface area contributed by atoms with Crippen molar-refractivity contribution >= 4 is 0 Å². The van der Waals surface area contributed by atoms with Crippen molar-refractivity contribution in [3.63, 3.8) is 0 Å². The van der Waals surface area contributed by atoms with Gasteiger partial charge in [0.25, 0.3) is 0 Å². The zero-order valence-electron chi connectivity index (χ0n) is 10.6. The van der Waals surface area contributed by atoms with E-state index in [-0.39, 0.29) is 11.1 Å². The molecule has 3 heteroatoms. The van der Waals surface area contributed by atoms with Gasteiger partial charge in [-0.25, -0.2) is 0 Å². The van der Waals surface area contributed by atoms with Crippen molar-refractivity contribution in [1.82, 2.24) is 10.2 Å². The fourth-order valence-corrected chi connectivity index (χ4v) is 2.45. The molecule has 1 atom stereocenters. The Morgan fingerprint density at radius 2 is 2.07 bits per heavy atom. The first kappa shape index (κ1) is 12.5. The van der Waals surface area contributed by atoms with Crippen LogP contribution in [-0.2, 0) is 0 Å². The normalized spacial score (nSPS) is 27.3. The first-order valence-electron chi connectivity index (χ1n) is 5.65. The molecule has 0 aromatic heterocycles. The van der Waals surface area contributed by atoms with Crippen LogP contribution in [0.3, 0.4) is 0 Å². The molecule has 0 saturated carbocycles. The number of nitrogens with zero attached hydrogens (tertiary/aromatic N) is 2. The first-order chi connectivity index (χ1) is 6.77. The summed E-state index contributed by atoms with van der Waals surface area (Å²) in [6.07, 6.45) is 0.600. The Morgan fingerprint density at radius 1 is 1.47 bits per heavy atom. The molecule has 0 aliphatic carbocycles. The van der Waals surface area contributed by atoms with Crippen molar-refractivity contribution in [1.29, 1.82) is 5.26 Å². The summed E-state index contributed by atoms with van der Waals surface area (Å²) in [7, 11) is 0. The first-order valence-corrected chi connectivity index (χ1v) is 5.65. The molecule has 15 heavy (non-hydrogen) atoms. The average Bonchev–Trinajstić information content (AvgIpc) is 2.06. The third-order valence-corrected chi connectivity index (χ3v) is 3.10. The van der Waals surface area contributed by atoms with Crippen LogP contribution in [0.5, 0.6) is 0 Å². The van der Waals surface area contributed by atoms with E-state index < -0.39 is 0 Å². The van der Waals surface area contributed by atoms with Crippen molar-refractivity contribution in [2.24, 2.45) is 0 Å². The van der Waals surface area contributed by atoms with E-state index in [1.165, 1.54) is 0 Å². The van der Waals surface area contributed by atoms with Crippen molar-refractivity contribution < 1.29 is 0 Å². The molecule has 0 bridgehead atoms. The van der Waals surface area contributed by atoms with E-state index in [9.17, 15) is 0 Å². The summed E-state index contributed by atoms with van der Waals surface area (Å²) in [5.41, 5.74) is 0.337. The Morgan fingerprint density at radius 3 is 2.53 bits per heavy atom. The van der Waals surface area contributed by atoms with Gasteiger partial charge < -0.3 is 5.32 Å². The molecule has 0 aromatic carbocycles. The van der Waals surface area contributed by atoms with Crippen LogP contribution in [0.2, 0.25) is 0 Å². The summed E-state index contributed by atoms with van der Waals surface area (Å²) in [4.78, 5) is 2.50. The predicted octanol–water partition coefficient (Wildman–Crippen LogP) is 1.75. The molecule has 0 spiro atoms. The van der Waals surface area contributed by atoms with Gasteiger partial charge in [0.1, 0.15) is 0 Å². The maximum absolute atomic E-state index is 8.73. The van der Waals surface area contributed by atoms with E-state index in [1.807, 2.05) is 0 Å². The van der Waals surface area contributed by atoms with Crippen LogP contribution in [0.1, 0.15) is 41.0 Å². The number of nitrogens with one attached hydrogen (secondary N) is 1. The molecular formula is C12H23N3. The highest BCUT2D eigenvalue weighted by Crippen LogP contribution is 2.27. The Kier molecular flexibility index (Phi) is 3.42. The van der Waals surface area contributed by atoms with E-state index >= 15 is 0 Å². The summed E-state index contributed by atoms with van der Waals surface area (Å²) in [5.74, 6) is 0. The second kappa shape index (κ2) is 4.11. The van der Waals surface area contributed by atoms with Gasteiger partial charge in [-0.15, -0.1) is 0 Å². The molecule has 1 saturated heterocycles. The van der Waals surface area contributed by atoms with Gasteiger partial charge in [0.2, 0.25) is 0 Å². The maximum Gasteiger partial charge on any atom is 0.0638 e. The lowest BCUT2D eigenvalue weighted by Crippen LogP contribution is -2.66. The maximum atomic E-state index is 8.73. The highest BCUT2D eigenvalue weighted by Gasteiger charge is 2.39. The van der Waals surface area contributed by atoms with Gasteiger partial charge >= 0.3 is 0 Å². The lowest BCUT2D eigenvalue weighted by Gasteiger charge is -2.52. The van der Waals surface area contributed by atoms with Gasteiger partial charge in [-0.2, -0.15) is 5.26 Å². The minimum atomic E-state index is 0.166. The van der Waals surface area contributed by atoms with Gasteiger partial charge in [-0.05, 0) is 34.6 Å². The van der Waals surface area contributed by atoms with Gasteiger partial charge in [0.15, 0.2) is 0 Å². The quantitative estimate of drug-likeness (QED) is 0.715. The molecule has 1 rings (SSSR count). The van der Waals surface area contributed by atoms with Crippen LogP contribution >= 0.6 is 0 Å². The smallest absolute Gasteiger partial charge is 0.0638 e. The molecule has 0 amide bonds. The summed E-state index contributed by atoms with van der Waals surface area (Å²) in [5, 5.41) is 12.2. The zero-order valence-corrected chi connectivity index (χ0v) is 10.6. The zero-order chi connectivity index (χ0) is 11.7. The van der Waals surface area contributed by atoms with E-state index in [1.54, 1.807) is 0 Å². The van der Waals surface area contributed by atoms with Crippen LogP contribution in [0.15, 0.2) is 0 Å². The number of rotatable bonds is 1. The highest BCUT2D eigenvalue weighted by atomic mass is 15.3. The van der Waals surface area contributed by atoms with Gasteiger partial charge in [-0.3, -0.25) is 4.90 Å². The van der Waals surface area contributed by atoms with E-state index in [4.69, 9.17) is 5.26 Å². The Hall–Kier alpha value is -0.590. The number of nitriles is 1. The molecule has 1 fully saturated rings. The number of hydrogen-bond donors (Lipinski definition) is 1. The Labute approximate surface area is 93.5 Å². The molecule has 1 heterocycles. The second-order valence-corrected chi connectivity index (χ2v) is 6.03. The third kappa shape index (κ3) is 2.93. The Bertz CT molecular complexity index is 257. The molecule has 86 valence electrons. The van der Waals surface area contributed by atoms with Crippen LogP contribution in [0.25, 0.3) is 0 Å². The van der Waals surface area contributed by atoms with Gasteiger partial charge in [-0.1, -0.05) is 0 Å². The van der Waals surface area contributed by atoms with Crippen molar-refractivity contribution in [2.45, 2.75) is 58.2 Å². The Balaban J connectivity index is 2.76. The van der Waals surface area contributed by atoms with Crippen LogP contribution in [-0.4, -0.2) is 35.1 Å². The minimum absolute atomic E-state index is 0.166. The number of hydrogen-bond acceptors (Lipinski definition) is 3. The van der Waals surface area contributed by atoms with Crippen molar-refractivity contribution in [3.8, 4) is 6.07 Å². The summed E-state index contributed by atoms with van der Waals surface area (Å²) >= 11 is 0. The number of piperazine rings is 1. The van der Waals surface area contributed by atoms with Crippen LogP contribution < -0.4 is 5.32 Å². The molecule has 1 aliphatic heterocycles. The monoisotopic (exact) mass is 209 g/mol. The van der Waals surface area contributed by atoms with Crippen LogP contribution in [0.4, 0.5) is 0 Å². The predicted molar refractivity (Wildman–Crippen MR) is 62.6 cm³/mol. The molecule has 0 radical (unpaired) electrons. The molecule has 1 aliphatic rings. The molecular weight excluding hydrogens is 186 g/mol. The van der Waals surface area contributed by atoms with Crippen LogP contribution in [0, 0.1) is 11.3 Å². The van der Waals surface area contributed by atoms with Crippen molar-refractivity contribution in [3.05, 3.63) is 0 Å². The molecule has 1 unspecified atom stereocenters. The van der Waals surface area contributed by atoms with E-state index in [0.29, 0.717) is 12.5 Å². The standard InChI is InChI=1S/C12H23N3/c1-11(2,3)15-8-10(6-7-13)14-9-12(15,4)5/h10,14H,6,8-9H2,1-5H3. The summed E-state index contributed by atoms with van der Waals surface area (Å²) in [6.45, 7) is 13.2. The SMILES string of the molecule is CC(C)(C)N1CC(CC#N)NCC1(C)C. The van der Waals surface area contributed by atoms with Crippen molar-refractivity contribution in [2.75, 3.05) is 13.1 Å². The van der Waals surface area contributed by atoms with E-state index in [2.05, 4.69) is 50.9 Å². The highest BCUT2D eigenvalue weighted by molar-refractivity contribution is 4.99. The minimum Gasteiger partial charge on any atom is -0.310 e. The molecule has 3 nitrogen and oxygen atoms in total. The van der Waals surface area contributed by atoms with Gasteiger partial charge in [0.05, 0.1) is 12.5 Å². The largest absolute Gasteiger partial charge is 0.310 e. The molecule has 1 N–H and O–H groups in total. The lowest BCUT2D eigenvalue weighted by molar-refractivity contribution is -0.00849. The lowest BCUT2D eigenvalue weighted by atomic mass is 9.90. The summed E-state index contributed by atoms with van der Waals surface area (Å²) in [6, 6.07) is 2.57. The van der Waals surface area contributed by atoms with Gasteiger partial charge in [0, 0.05) is 30.2 Å². The van der Waals surface area contributed by atoms with E-state index in [0.717, 1.165) is 13.1 Å². The third-order valence-electron chi connectivity index (χ3n) is 3.10.